The number of benzene rings is 2. The molecular formula is C19H19FN4OS. The molecule has 1 heterocycles. The van der Waals surface area contributed by atoms with E-state index in [9.17, 15) is 9.18 Å². The summed E-state index contributed by atoms with van der Waals surface area (Å²) in [5, 5.41) is 10.00. The minimum absolute atomic E-state index is 0.145. The van der Waals surface area contributed by atoms with Crippen LogP contribution in [0.3, 0.4) is 0 Å². The van der Waals surface area contributed by atoms with Crippen LogP contribution in [0.1, 0.15) is 25.3 Å². The van der Waals surface area contributed by atoms with E-state index in [4.69, 9.17) is 0 Å². The van der Waals surface area contributed by atoms with Gasteiger partial charge in [0.15, 0.2) is 5.82 Å². The molecule has 3 rings (SSSR count). The van der Waals surface area contributed by atoms with Gasteiger partial charge in [-0.2, -0.15) is 0 Å². The van der Waals surface area contributed by atoms with Gasteiger partial charge in [0.25, 0.3) is 0 Å². The van der Waals surface area contributed by atoms with E-state index in [-0.39, 0.29) is 17.5 Å². The minimum Gasteiger partial charge on any atom is -0.325 e. The van der Waals surface area contributed by atoms with E-state index in [2.05, 4.69) is 34.3 Å². The summed E-state index contributed by atoms with van der Waals surface area (Å²) < 4.78 is 13.8. The zero-order chi connectivity index (χ0) is 18.5. The fourth-order valence-corrected chi connectivity index (χ4v) is 2.99. The molecule has 0 unspecified atom stereocenters. The normalized spacial score (nSPS) is 10.9. The molecule has 0 aliphatic rings. The molecule has 134 valence electrons. The lowest BCUT2D eigenvalue weighted by molar-refractivity contribution is -0.113. The molecule has 26 heavy (non-hydrogen) atoms. The molecule has 2 N–H and O–H groups in total. The first-order chi connectivity index (χ1) is 12.5. The number of hydrogen-bond donors (Lipinski definition) is 2. The van der Waals surface area contributed by atoms with E-state index in [0.29, 0.717) is 22.5 Å². The number of amides is 1. The van der Waals surface area contributed by atoms with Crippen molar-refractivity contribution in [2.24, 2.45) is 0 Å². The maximum atomic E-state index is 13.8. The maximum absolute atomic E-state index is 13.8. The third-order valence-corrected chi connectivity index (χ3v) is 4.61. The van der Waals surface area contributed by atoms with Gasteiger partial charge in [-0.25, -0.2) is 9.37 Å². The fourth-order valence-electron chi connectivity index (χ4n) is 2.39. The number of aromatic nitrogens is 3. The number of nitrogens with one attached hydrogen (secondary N) is 2. The molecular weight excluding hydrogens is 351 g/mol. The molecule has 1 aromatic heterocycles. The number of carbonyl (C=O) groups excluding carboxylic acids is 1. The Hall–Kier alpha value is -2.67. The Morgan fingerprint density at radius 2 is 2.04 bits per heavy atom. The van der Waals surface area contributed by atoms with Crippen molar-refractivity contribution in [3.8, 4) is 11.4 Å². The third kappa shape index (κ3) is 4.49. The van der Waals surface area contributed by atoms with Gasteiger partial charge in [0, 0.05) is 5.69 Å². The summed E-state index contributed by atoms with van der Waals surface area (Å²) >= 11 is 1.19. The van der Waals surface area contributed by atoms with Crippen molar-refractivity contribution in [3.05, 3.63) is 59.9 Å². The average Bonchev–Trinajstić information content (AvgIpc) is 3.09. The second-order valence-electron chi connectivity index (χ2n) is 6.06. The first kappa shape index (κ1) is 18.1. The Bertz CT molecular complexity index is 910. The predicted octanol–water partition coefficient (Wildman–Crippen LogP) is 4.47. The van der Waals surface area contributed by atoms with Crippen molar-refractivity contribution in [2.75, 3.05) is 11.1 Å². The summed E-state index contributed by atoms with van der Waals surface area (Å²) in [6, 6.07) is 14.1. The summed E-state index contributed by atoms with van der Waals surface area (Å²) in [5.41, 5.74) is 2.28. The highest BCUT2D eigenvalue weighted by Gasteiger charge is 2.12. The Balaban J connectivity index is 1.59. The van der Waals surface area contributed by atoms with E-state index >= 15 is 0 Å². The van der Waals surface area contributed by atoms with Crippen molar-refractivity contribution < 1.29 is 9.18 Å². The molecule has 0 radical (unpaired) electrons. The number of thioether (sulfide) groups is 1. The van der Waals surface area contributed by atoms with Gasteiger partial charge in [-0.15, -0.1) is 5.10 Å². The quantitative estimate of drug-likeness (QED) is 0.628. The van der Waals surface area contributed by atoms with Gasteiger partial charge in [-0.3, -0.25) is 9.89 Å². The molecule has 0 spiro atoms. The van der Waals surface area contributed by atoms with Gasteiger partial charge in [0.2, 0.25) is 11.1 Å². The zero-order valence-corrected chi connectivity index (χ0v) is 15.3. The number of carbonyl (C=O) groups is 1. The van der Waals surface area contributed by atoms with Crippen molar-refractivity contribution in [3.63, 3.8) is 0 Å². The smallest absolute Gasteiger partial charge is 0.234 e. The summed E-state index contributed by atoms with van der Waals surface area (Å²) in [6.07, 6.45) is 0. The lowest BCUT2D eigenvalue weighted by atomic mass is 10.0. The lowest BCUT2D eigenvalue weighted by Gasteiger charge is -2.09. The molecule has 1 amide bonds. The van der Waals surface area contributed by atoms with Crippen LogP contribution in [0.5, 0.6) is 0 Å². The first-order valence-corrected chi connectivity index (χ1v) is 9.21. The van der Waals surface area contributed by atoms with Crippen molar-refractivity contribution in [2.45, 2.75) is 24.9 Å². The van der Waals surface area contributed by atoms with E-state index in [1.54, 1.807) is 18.2 Å². The Morgan fingerprint density at radius 1 is 1.23 bits per heavy atom. The van der Waals surface area contributed by atoms with Gasteiger partial charge in [-0.1, -0.05) is 49.9 Å². The van der Waals surface area contributed by atoms with Crippen LogP contribution in [0, 0.1) is 5.82 Å². The second-order valence-corrected chi connectivity index (χ2v) is 7.01. The number of anilines is 1. The van der Waals surface area contributed by atoms with Crippen LogP contribution in [-0.2, 0) is 4.79 Å². The highest BCUT2D eigenvalue weighted by molar-refractivity contribution is 7.99. The number of rotatable bonds is 6. The first-order valence-electron chi connectivity index (χ1n) is 8.23. The third-order valence-electron chi connectivity index (χ3n) is 3.76. The van der Waals surface area contributed by atoms with Gasteiger partial charge in [-0.05, 0) is 35.7 Å². The summed E-state index contributed by atoms with van der Waals surface area (Å²) in [4.78, 5) is 16.4. The average molecular weight is 370 g/mol. The van der Waals surface area contributed by atoms with Crippen molar-refractivity contribution in [1.29, 1.82) is 0 Å². The number of aromatic amines is 1. The maximum Gasteiger partial charge on any atom is 0.234 e. The molecule has 7 heteroatoms. The monoisotopic (exact) mass is 370 g/mol. The molecule has 3 aromatic rings. The number of H-pyrrole nitrogens is 1. The van der Waals surface area contributed by atoms with Crippen LogP contribution in [-0.4, -0.2) is 26.8 Å². The van der Waals surface area contributed by atoms with Crippen molar-refractivity contribution in [1.82, 2.24) is 15.2 Å². The van der Waals surface area contributed by atoms with E-state index in [1.807, 2.05) is 24.3 Å². The highest BCUT2D eigenvalue weighted by Crippen LogP contribution is 2.22. The second kappa shape index (κ2) is 8.14. The van der Waals surface area contributed by atoms with Crippen LogP contribution < -0.4 is 5.32 Å². The summed E-state index contributed by atoms with van der Waals surface area (Å²) in [6.45, 7) is 4.21. The van der Waals surface area contributed by atoms with Crippen LogP contribution in [0.25, 0.3) is 11.4 Å². The van der Waals surface area contributed by atoms with Crippen molar-refractivity contribution >= 4 is 23.4 Å². The van der Waals surface area contributed by atoms with E-state index in [1.165, 1.54) is 23.4 Å². The Kier molecular flexibility index (Phi) is 5.68. The largest absolute Gasteiger partial charge is 0.325 e. The number of nitrogens with zero attached hydrogens (tertiary/aromatic N) is 2. The van der Waals surface area contributed by atoms with Crippen LogP contribution in [0.2, 0.25) is 0 Å². The molecule has 0 saturated heterocycles. The molecule has 0 bridgehead atoms. The molecule has 2 aromatic carbocycles. The van der Waals surface area contributed by atoms with Gasteiger partial charge >= 0.3 is 0 Å². The fraction of sp³-hybridized carbons (Fsp3) is 0.211. The zero-order valence-electron chi connectivity index (χ0n) is 14.5. The highest BCUT2D eigenvalue weighted by atomic mass is 32.2. The standard InChI is InChI=1S/C19H19FN4OS/c1-12(2)13-6-5-7-14(10-13)21-17(25)11-26-19-22-18(23-24-19)15-8-3-4-9-16(15)20/h3-10,12H,11H2,1-2H3,(H,21,25)(H,22,23,24). The van der Waals surface area contributed by atoms with E-state index < -0.39 is 0 Å². The molecule has 0 saturated carbocycles. The Labute approximate surface area is 155 Å². The van der Waals surface area contributed by atoms with Crippen LogP contribution in [0.4, 0.5) is 10.1 Å². The van der Waals surface area contributed by atoms with Gasteiger partial charge in [0.1, 0.15) is 5.82 Å². The molecule has 0 aliphatic carbocycles. The minimum atomic E-state index is -0.372. The number of halogens is 1. The molecule has 0 aliphatic heterocycles. The van der Waals surface area contributed by atoms with Gasteiger partial charge < -0.3 is 5.32 Å². The van der Waals surface area contributed by atoms with Gasteiger partial charge in [0.05, 0.1) is 11.3 Å². The summed E-state index contributed by atoms with van der Waals surface area (Å²) in [7, 11) is 0. The van der Waals surface area contributed by atoms with E-state index in [0.717, 1.165) is 5.69 Å². The summed E-state index contributed by atoms with van der Waals surface area (Å²) in [5.74, 6) is 0.388. The van der Waals surface area contributed by atoms with Crippen LogP contribution in [0.15, 0.2) is 53.7 Å². The molecule has 0 atom stereocenters. The molecule has 0 fully saturated rings. The van der Waals surface area contributed by atoms with Crippen LogP contribution >= 0.6 is 11.8 Å². The SMILES string of the molecule is CC(C)c1cccc(NC(=O)CSc2n[nH]c(-c3ccccc3F)n2)c1. The lowest BCUT2D eigenvalue weighted by Crippen LogP contribution is -2.14. The Morgan fingerprint density at radius 3 is 2.81 bits per heavy atom. The molecule has 5 nitrogen and oxygen atoms in total. The topological polar surface area (TPSA) is 70.7 Å². The predicted molar refractivity (Wildman–Crippen MR) is 102 cm³/mol. The number of hydrogen-bond acceptors (Lipinski definition) is 4.